The lowest BCUT2D eigenvalue weighted by atomic mass is 9.74. The Morgan fingerprint density at radius 3 is 2.50 bits per heavy atom. The van der Waals surface area contributed by atoms with Crippen LogP contribution in [0.5, 0.6) is 0 Å². The van der Waals surface area contributed by atoms with Crippen LogP contribution in [0.4, 0.5) is 0 Å². The average molecular weight is 168 g/mol. The van der Waals surface area contributed by atoms with Gasteiger partial charge in [0.15, 0.2) is 0 Å². The predicted molar refractivity (Wildman–Crippen MR) is 52.1 cm³/mol. The van der Waals surface area contributed by atoms with Crippen molar-refractivity contribution in [1.29, 1.82) is 0 Å². The highest BCUT2D eigenvalue weighted by molar-refractivity contribution is 4.99. The van der Waals surface area contributed by atoms with Gasteiger partial charge in [0.2, 0.25) is 0 Å². The van der Waals surface area contributed by atoms with E-state index in [0.717, 1.165) is 5.92 Å². The second-order valence-corrected chi connectivity index (χ2v) is 4.74. The Kier molecular flexibility index (Phi) is 2.94. The summed E-state index contributed by atoms with van der Waals surface area (Å²) in [5, 5.41) is 0. The molecular formula is C11H20O. The van der Waals surface area contributed by atoms with E-state index in [-0.39, 0.29) is 0 Å². The maximum Gasteiger partial charge on any atom is 0.0755 e. The molecule has 0 unspecified atom stereocenters. The van der Waals surface area contributed by atoms with E-state index in [4.69, 9.17) is 4.74 Å². The van der Waals surface area contributed by atoms with Crippen molar-refractivity contribution in [3.05, 3.63) is 12.2 Å². The molecule has 0 aromatic carbocycles. The van der Waals surface area contributed by atoms with Gasteiger partial charge < -0.3 is 4.74 Å². The summed E-state index contributed by atoms with van der Waals surface area (Å²) in [4.78, 5) is 0. The van der Waals surface area contributed by atoms with Crippen molar-refractivity contribution in [3.63, 3.8) is 0 Å². The van der Waals surface area contributed by atoms with Crippen LogP contribution in [0.1, 0.15) is 33.6 Å². The molecule has 0 spiro atoms. The molecule has 0 N–H and O–H groups in total. The molecule has 0 saturated carbocycles. The topological polar surface area (TPSA) is 9.23 Å². The van der Waals surface area contributed by atoms with E-state index in [1.165, 1.54) is 12.8 Å². The van der Waals surface area contributed by atoms with E-state index in [1.54, 1.807) is 7.11 Å². The van der Waals surface area contributed by atoms with Gasteiger partial charge in [0, 0.05) is 7.11 Å². The zero-order valence-corrected chi connectivity index (χ0v) is 8.63. The highest BCUT2D eigenvalue weighted by Gasteiger charge is 2.27. The van der Waals surface area contributed by atoms with Gasteiger partial charge in [0.25, 0.3) is 0 Å². The Hall–Kier alpha value is -0.300. The first-order chi connectivity index (χ1) is 5.54. The quantitative estimate of drug-likeness (QED) is 0.547. The van der Waals surface area contributed by atoms with Gasteiger partial charge in [0.05, 0.1) is 6.10 Å². The van der Waals surface area contributed by atoms with Crippen LogP contribution in [-0.2, 0) is 4.74 Å². The lowest BCUT2D eigenvalue weighted by Crippen LogP contribution is -2.27. The molecule has 1 rings (SSSR count). The Morgan fingerprint density at radius 2 is 2.00 bits per heavy atom. The Bertz CT molecular complexity index is 164. The largest absolute Gasteiger partial charge is 0.377 e. The van der Waals surface area contributed by atoms with Gasteiger partial charge in [-0.1, -0.05) is 32.9 Å². The molecule has 1 nitrogen and oxygen atoms in total. The van der Waals surface area contributed by atoms with Crippen LogP contribution in [0.3, 0.4) is 0 Å². The van der Waals surface area contributed by atoms with Crippen molar-refractivity contribution in [2.45, 2.75) is 39.7 Å². The third kappa shape index (κ3) is 2.34. The summed E-state index contributed by atoms with van der Waals surface area (Å²) in [5.41, 5.74) is 0.418. The minimum Gasteiger partial charge on any atom is -0.377 e. The van der Waals surface area contributed by atoms with Gasteiger partial charge in [-0.3, -0.25) is 0 Å². The van der Waals surface area contributed by atoms with Crippen LogP contribution >= 0.6 is 0 Å². The minimum absolute atomic E-state index is 0.350. The standard InChI is InChI=1S/C11H20O/c1-11(2,3)9-6-5-7-10(8-9)12-4/h5,7,9-10H,6,8H2,1-4H3/t9-,10-/m0/s1. The summed E-state index contributed by atoms with van der Waals surface area (Å²) in [5.74, 6) is 0.771. The fourth-order valence-corrected chi connectivity index (χ4v) is 1.73. The van der Waals surface area contributed by atoms with Crippen molar-refractivity contribution in [2.24, 2.45) is 11.3 Å². The van der Waals surface area contributed by atoms with E-state index >= 15 is 0 Å². The molecule has 0 radical (unpaired) electrons. The van der Waals surface area contributed by atoms with Crippen LogP contribution in [0.2, 0.25) is 0 Å². The predicted octanol–water partition coefficient (Wildman–Crippen LogP) is 3.01. The monoisotopic (exact) mass is 168 g/mol. The van der Waals surface area contributed by atoms with Crippen molar-refractivity contribution >= 4 is 0 Å². The highest BCUT2D eigenvalue weighted by Crippen LogP contribution is 2.35. The van der Waals surface area contributed by atoms with Gasteiger partial charge in [-0.25, -0.2) is 0 Å². The number of hydrogen-bond acceptors (Lipinski definition) is 1. The van der Waals surface area contributed by atoms with E-state index in [1.807, 2.05) is 0 Å². The zero-order chi connectivity index (χ0) is 9.19. The van der Waals surface area contributed by atoms with Crippen LogP contribution in [-0.4, -0.2) is 13.2 Å². The number of methoxy groups -OCH3 is 1. The number of ether oxygens (including phenoxy) is 1. The van der Waals surface area contributed by atoms with E-state index in [2.05, 4.69) is 32.9 Å². The SMILES string of the molecule is CO[C@H]1C=CC[C@H](C(C)(C)C)C1. The van der Waals surface area contributed by atoms with Crippen molar-refractivity contribution in [3.8, 4) is 0 Å². The molecule has 70 valence electrons. The number of allylic oxidation sites excluding steroid dienone is 1. The molecule has 0 fully saturated rings. The molecule has 0 aliphatic heterocycles. The highest BCUT2D eigenvalue weighted by atomic mass is 16.5. The molecule has 0 saturated heterocycles. The summed E-state index contributed by atoms with van der Waals surface area (Å²) in [6.07, 6.45) is 7.18. The summed E-state index contributed by atoms with van der Waals surface area (Å²) in [6.45, 7) is 6.93. The molecule has 1 aliphatic carbocycles. The normalized spacial score (nSPS) is 30.7. The van der Waals surface area contributed by atoms with E-state index < -0.39 is 0 Å². The Labute approximate surface area is 75.8 Å². The molecule has 1 heteroatoms. The third-order valence-corrected chi connectivity index (χ3v) is 2.82. The fraction of sp³-hybridized carbons (Fsp3) is 0.818. The summed E-state index contributed by atoms with van der Waals surface area (Å²) < 4.78 is 5.33. The van der Waals surface area contributed by atoms with Crippen molar-refractivity contribution in [1.82, 2.24) is 0 Å². The van der Waals surface area contributed by atoms with Gasteiger partial charge in [-0.2, -0.15) is 0 Å². The van der Waals surface area contributed by atoms with E-state index in [0.29, 0.717) is 11.5 Å². The lowest BCUT2D eigenvalue weighted by Gasteiger charge is -2.34. The molecular weight excluding hydrogens is 148 g/mol. The number of hydrogen-bond donors (Lipinski definition) is 0. The molecule has 2 atom stereocenters. The first-order valence-electron chi connectivity index (χ1n) is 4.73. The Balaban J connectivity index is 2.56. The molecule has 0 aromatic rings. The third-order valence-electron chi connectivity index (χ3n) is 2.82. The second-order valence-electron chi connectivity index (χ2n) is 4.74. The van der Waals surface area contributed by atoms with E-state index in [9.17, 15) is 0 Å². The average Bonchev–Trinajstić information content (AvgIpc) is 2.03. The minimum atomic E-state index is 0.350. The second kappa shape index (κ2) is 3.61. The summed E-state index contributed by atoms with van der Waals surface area (Å²) >= 11 is 0. The van der Waals surface area contributed by atoms with Gasteiger partial charge in [0.1, 0.15) is 0 Å². The first kappa shape index (κ1) is 9.79. The lowest BCUT2D eigenvalue weighted by molar-refractivity contribution is 0.0817. The summed E-state index contributed by atoms with van der Waals surface area (Å²) in [6, 6.07) is 0. The molecule has 0 bridgehead atoms. The zero-order valence-electron chi connectivity index (χ0n) is 8.63. The Morgan fingerprint density at radius 1 is 1.33 bits per heavy atom. The molecule has 0 aromatic heterocycles. The van der Waals surface area contributed by atoms with Gasteiger partial charge in [-0.05, 0) is 24.2 Å². The number of rotatable bonds is 1. The maximum atomic E-state index is 5.33. The van der Waals surface area contributed by atoms with Gasteiger partial charge in [-0.15, -0.1) is 0 Å². The molecule has 1 aliphatic rings. The molecule has 12 heavy (non-hydrogen) atoms. The molecule has 0 amide bonds. The fourth-order valence-electron chi connectivity index (χ4n) is 1.73. The first-order valence-corrected chi connectivity index (χ1v) is 4.73. The van der Waals surface area contributed by atoms with Crippen LogP contribution in [0.15, 0.2) is 12.2 Å². The van der Waals surface area contributed by atoms with Crippen LogP contribution < -0.4 is 0 Å². The van der Waals surface area contributed by atoms with Crippen LogP contribution in [0, 0.1) is 11.3 Å². The van der Waals surface area contributed by atoms with Crippen LogP contribution in [0.25, 0.3) is 0 Å². The summed E-state index contributed by atoms with van der Waals surface area (Å²) in [7, 11) is 1.79. The smallest absolute Gasteiger partial charge is 0.0755 e. The van der Waals surface area contributed by atoms with Crippen molar-refractivity contribution in [2.75, 3.05) is 7.11 Å². The molecule has 0 heterocycles. The van der Waals surface area contributed by atoms with Gasteiger partial charge >= 0.3 is 0 Å². The van der Waals surface area contributed by atoms with Crippen molar-refractivity contribution < 1.29 is 4.74 Å². The maximum absolute atomic E-state index is 5.33.